The van der Waals surface area contributed by atoms with Crippen molar-refractivity contribution >= 4 is 11.6 Å². The highest BCUT2D eigenvalue weighted by Gasteiger charge is 2.43. The molecule has 130 valence electrons. The number of benzene rings is 1. The highest BCUT2D eigenvalue weighted by molar-refractivity contribution is 5.92. The number of carbonyl (C=O) groups is 1. The van der Waals surface area contributed by atoms with E-state index in [0.29, 0.717) is 0 Å². The zero-order valence-corrected chi connectivity index (χ0v) is 14.5. The number of fused-ring (bicyclic) bond motifs is 2. The number of nitrogens with zero attached hydrogens (tertiary/aromatic N) is 2. The SMILES string of the molecule is CC(=O)N(c1ccc(F)cc1)C1CCN(C2C[C@H]3CC[C@H]2C3)CC1. The lowest BCUT2D eigenvalue weighted by molar-refractivity contribution is -0.117. The molecule has 2 aliphatic carbocycles. The lowest BCUT2D eigenvalue weighted by Crippen LogP contribution is -2.50. The number of halogens is 1. The van der Waals surface area contributed by atoms with Crippen LogP contribution in [0.3, 0.4) is 0 Å². The summed E-state index contributed by atoms with van der Waals surface area (Å²) in [5.74, 6) is 1.70. The van der Waals surface area contributed by atoms with E-state index < -0.39 is 0 Å². The van der Waals surface area contributed by atoms with E-state index in [-0.39, 0.29) is 17.8 Å². The summed E-state index contributed by atoms with van der Waals surface area (Å²) in [5, 5.41) is 0. The smallest absolute Gasteiger partial charge is 0.224 e. The van der Waals surface area contributed by atoms with E-state index >= 15 is 0 Å². The van der Waals surface area contributed by atoms with Gasteiger partial charge in [-0.05, 0) is 68.2 Å². The van der Waals surface area contributed by atoms with Crippen LogP contribution in [0.4, 0.5) is 10.1 Å². The minimum atomic E-state index is -0.256. The summed E-state index contributed by atoms with van der Waals surface area (Å²) in [6.45, 7) is 3.79. The molecule has 1 aliphatic heterocycles. The monoisotopic (exact) mass is 330 g/mol. The Morgan fingerprint density at radius 2 is 1.79 bits per heavy atom. The topological polar surface area (TPSA) is 23.6 Å². The van der Waals surface area contributed by atoms with Gasteiger partial charge < -0.3 is 4.90 Å². The lowest BCUT2D eigenvalue weighted by atomic mass is 9.91. The molecule has 3 aliphatic rings. The summed E-state index contributed by atoms with van der Waals surface area (Å²) in [4.78, 5) is 16.7. The Morgan fingerprint density at radius 3 is 2.33 bits per heavy atom. The van der Waals surface area contributed by atoms with Crippen LogP contribution >= 0.6 is 0 Å². The second-order valence-electron chi connectivity index (χ2n) is 7.87. The fourth-order valence-corrected chi connectivity index (χ4v) is 5.39. The lowest BCUT2D eigenvalue weighted by Gasteiger charge is -2.42. The molecule has 3 nitrogen and oxygen atoms in total. The largest absolute Gasteiger partial charge is 0.310 e. The van der Waals surface area contributed by atoms with Crippen molar-refractivity contribution in [2.75, 3.05) is 18.0 Å². The third kappa shape index (κ3) is 2.97. The number of hydrogen-bond donors (Lipinski definition) is 0. The Kier molecular flexibility index (Phi) is 4.33. The van der Waals surface area contributed by atoms with Crippen molar-refractivity contribution in [3.8, 4) is 0 Å². The first-order chi connectivity index (χ1) is 11.6. The van der Waals surface area contributed by atoms with Crippen LogP contribution < -0.4 is 4.90 Å². The number of carbonyl (C=O) groups excluding carboxylic acids is 1. The molecule has 24 heavy (non-hydrogen) atoms. The van der Waals surface area contributed by atoms with Crippen molar-refractivity contribution < 1.29 is 9.18 Å². The van der Waals surface area contributed by atoms with Crippen LogP contribution in [0.5, 0.6) is 0 Å². The van der Waals surface area contributed by atoms with Crippen molar-refractivity contribution in [2.45, 2.75) is 57.5 Å². The second-order valence-corrected chi connectivity index (χ2v) is 7.87. The third-order valence-corrected chi connectivity index (χ3v) is 6.48. The van der Waals surface area contributed by atoms with Gasteiger partial charge in [0.15, 0.2) is 0 Å². The van der Waals surface area contributed by atoms with Gasteiger partial charge in [0.2, 0.25) is 5.91 Å². The maximum Gasteiger partial charge on any atom is 0.224 e. The number of rotatable bonds is 3. The van der Waals surface area contributed by atoms with Gasteiger partial charge in [0.1, 0.15) is 5.82 Å². The Morgan fingerprint density at radius 1 is 1.08 bits per heavy atom. The van der Waals surface area contributed by atoms with Crippen LogP contribution in [-0.2, 0) is 4.79 Å². The third-order valence-electron chi connectivity index (χ3n) is 6.48. The predicted octanol–water partition coefficient (Wildman–Crippen LogP) is 3.83. The summed E-state index contributed by atoms with van der Waals surface area (Å²) in [6, 6.07) is 7.35. The fourth-order valence-electron chi connectivity index (χ4n) is 5.39. The number of likely N-dealkylation sites (tertiary alicyclic amines) is 1. The van der Waals surface area contributed by atoms with Crippen molar-refractivity contribution in [3.63, 3.8) is 0 Å². The summed E-state index contributed by atoms with van der Waals surface area (Å²) in [5.41, 5.74) is 0.822. The van der Waals surface area contributed by atoms with Crippen LogP contribution in [0.2, 0.25) is 0 Å². The first-order valence-corrected chi connectivity index (χ1v) is 9.41. The Balaban J connectivity index is 1.41. The van der Waals surface area contributed by atoms with E-state index in [1.54, 1.807) is 19.1 Å². The maximum atomic E-state index is 13.2. The molecular formula is C20H27FN2O. The molecule has 0 spiro atoms. The van der Waals surface area contributed by atoms with Crippen LogP contribution in [0, 0.1) is 17.7 Å². The number of amides is 1. The van der Waals surface area contributed by atoms with Crippen molar-refractivity contribution in [3.05, 3.63) is 30.1 Å². The maximum absolute atomic E-state index is 13.2. The van der Waals surface area contributed by atoms with Crippen LogP contribution in [0.15, 0.2) is 24.3 Å². The minimum absolute atomic E-state index is 0.0555. The van der Waals surface area contributed by atoms with Gasteiger partial charge in [-0.25, -0.2) is 4.39 Å². The summed E-state index contributed by atoms with van der Waals surface area (Å²) < 4.78 is 13.2. The molecule has 1 saturated heterocycles. The molecular weight excluding hydrogens is 303 g/mol. The van der Waals surface area contributed by atoms with Crippen LogP contribution in [0.25, 0.3) is 0 Å². The van der Waals surface area contributed by atoms with E-state index in [1.165, 1.54) is 37.8 Å². The highest BCUT2D eigenvalue weighted by Crippen LogP contribution is 2.47. The molecule has 4 heteroatoms. The number of anilines is 1. The molecule has 0 aromatic heterocycles. The van der Waals surface area contributed by atoms with Gasteiger partial charge >= 0.3 is 0 Å². The zero-order chi connectivity index (χ0) is 16.7. The van der Waals surface area contributed by atoms with Gasteiger partial charge in [0.25, 0.3) is 0 Å². The quantitative estimate of drug-likeness (QED) is 0.841. The van der Waals surface area contributed by atoms with Gasteiger partial charge in [0, 0.05) is 37.8 Å². The van der Waals surface area contributed by atoms with Gasteiger partial charge in [-0.1, -0.05) is 6.42 Å². The molecule has 1 aromatic carbocycles. The molecule has 2 bridgehead atoms. The minimum Gasteiger partial charge on any atom is -0.310 e. The number of hydrogen-bond acceptors (Lipinski definition) is 2. The van der Waals surface area contributed by atoms with E-state index in [0.717, 1.165) is 49.5 Å². The van der Waals surface area contributed by atoms with Crippen LogP contribution in [0.1, 0.15) is 45.4 Å². The zero-order valence-electron chi connectivity index (χ0n) is 14.5. The fraction of sp³-hybridized carbons (Fsp3) is 0.650. The van der Waals surface area contributed by atoms with Gasteiger partial charge in [-0.3, -0.25) is 9.69 Å². The van der Waals surface area contributed by atoms with E-state index in [4.69, 9.17) is 0 Å². The van der Waals surface area contributed by atoms with Gasteiger partial charge in [-0.15, -0.1) is 0 Å². The summed E-state index contributed by atoms with van der Waals surface area (Å²) in [7, 11) is 0. The van der Waals surface area contributed by atoms with Crippen molar-refractivity contribution in [1.29, 1.82) is 0 Å². The summed E-state index contributed by atoms with van der Waals surface area (Å²) >= 11 is 0. The molecule has 0 radical (unpaired) electrons. The molecule has 0 N–H and O–H groups in total. The van der Waals surface area contributed by atoms with Crippen molar-refractivity contribution in [2.24, 2.45) is 11.8 Å². The Bertz CT molecular complexity index is 594. The molecule has 1 unspecified atom stereocenters. The van der Waals surface area contributed by atoms with Crippen molar-refractivity contribution in [1.82, 2.24) is 4.90 Å². The first-order valence-electron chi connectivity index (χ1n) is 9.41. The standard InChI is InChI=1S/C20H27FN2O/c1-14(24)23(18-6-4-17(21)5-7-18)19-8-10-22(11-9-19)20-13-15-2-3-16(20)12-15/h4-7,15-16,19-20H,2-3,8-13H2,1H3/t15-,16-,20?/m0/s1. The molecule has 1 aromatic rings. The molecule has 3 atom stereocenters. The highest BCUT2D eigenvalue weighted by atomic mass is 19.1. The molecule has 1 amide bonds. The number of piperidine rings is 1. The average Bonchev–Trinajstić information content (AvgIpc) is 3.20. The average molecular weight is 330 g/mol. The summed E-state index contributed by atoms with van der Waals surface area (Å²) in [6.07, 6.45) is 7.74. The normalized spacial score (nSPS) is 30.7. The van der Waals surface area contributed by atoms with E-state index in [1.807, 2.05) is 4.90 Å². The van der Waals surface area contributed by atoms with E-state index in [9.17, 15) is 9.18 Å². The van der Waals surface area contributed by atoms with Gasteiger partial charge in [-0.2, -0.15) is 0 Å². The van der Waals surface area contributed by atoms with Gasteiger partial charge in [0.05, 0.1) is 0 Å². The molecule has 2 saturated carbocycles. The Hall–Kier alpha value is -1.42. The molecule has 4 rings (SSSR count). The van der Waals surface area contributed by atoms with Crippen LogP contribution in [-0.4, -0.2) is 36.0 Å². The first kappa shape index (κ1) is 16.1. The molecule has 3 fully saturated rings. The molecule has 1 heterocycles. The second kappa shape index (κ2) is 6.47. The Labute approximate surface area is 143 Å². The van der Waals surface area contributed by atoms with E-state index in [2.05, 4.69) is 4.90 Å². The predicted molar refractivity (Wildman–Crippen MR) is 93.4 cm³/mol.